The quantitative estimate of drug-likeness (QED) is 0.899. The summed E-state index contributed by atoms with van der Waals surface area (Å²) < 4.78 is 0. The van der Waals surface area contributed by atoms with Gasteiger partial charge in [0, 0.05) is 24.2 Å². The lowest BCUT2D eigenvalue weighted by Crippen LogP contribution is -2.36. The molecule has 92 valence electrons. The molecule has 1 saturated heterocycles. The van der Waals surface area contributed by atoms with Crippen molar-refractivity contribution in [2.24, 2.45) is 5.92 Å². The summed E-state index contributed by atoms with van der Waals surface area (Å²) in [5, 5.41) is 3.46. The van der Waals surface area contributed by atoms with Crippen molar-refractivity contribution >= 4 is 23.7 Å². The van der Waals surface area contributed by atoms with Gasteiger partial charge >= 0.3 is 0 Å². The zero-order valence-corrected chi connectivity index (χ0v) is 11.3. The Morgan fingerprint density at radius 3 is 3.12 bits per heavy atom. The van der Waals surface area contributed by atoms with Crippen molar-refractivity contribution < 1.29 is 0 Å². The van der Waals surface area contributed by atoms with Gasteiger partial charge in [0.1, 0.15) is 0 Å². The Hall–Kier alpha value is -0.160. The van der Waals surface area contributed by atoms with Gasteiger partial charge in [0.05, 0.1) is 5.51 Å². The SMILES string of the molecule is CN(Cc1cncs1)CC1CCCNC1.Cl. The van der Waals surface area contributed by atoms with E-state index in [1.54, 1.807) is 11.3 Å². The first-order valence-electron chi connectivity index (χ1n) is 5.61. The summed E-state index contributed by atoms with van der Waals surface area (Å²) in [7, 11) is 2.20. The third-order valence-corrected chi connectivity index (χ3v) is 3.64. The van der Waals surface area contributed by atoms with E-state index in [-0.39, 0.29) is 12.4 Å². The minimum Gasteiger partial charge on any atom is -0.316 e. The first kappa shape index (κ1) is 13.9. The molecule has 1 aromatic rings. The first-order chi connectivity index (χ1) is 7.34. The standard InChI is InChI=1S/C11H19N3S.ClH/c1-14(8-11-6-13-9-15-11)7-10-3-2-4-12-5-10;/h6,9-10,12H,2-5,7-8H2,1H3;1H. The van der Waals surface area contributed by atoms with Gasteiger partial charge < -0.3 is 10.2 Å². The van der Waals surface area contributed by atoms with Crippen molar-refractivity contribution in [3.05, 3.63) is 16.6 Å². The Kier molecular flexibility index (Phi) is 6.28. The third-order valence-electron chi connectivity index (χ3n) is 2.88. The monoisotopic (exact) mass is 261 g/mol. The highest BCUT2D eigenvalue weighted by Crippen LogP contribution is 2.14. The van der Waals surface area contributed by atoms with Gasteiger partial charge in [-0.25, -0.2) is 0 Å². The topological polar surface area (TPSA) is 28.2 Å². The molecule has 0 aliphatic carbocycles. The lowest BCUT2D eigenvalue weighted by Gasteiger charge is -2.27. The summed E-state index contributed by atoms with van der Waals surface area (Å²) in [6, 6.07) is 0. The highest BCUT2D eigenvalue weighted by atomic mass is 35.5. The number of aromatic nitrogens is 1. The van der Waals surface area contributed by atoms with Crippen molar-refractivity contribution in [1.82, 2.24) is 15.2 Å². The van der Waals surface area contributed by atoms with Crippen molar-refractivity contribution in [3.63, 3.8) is 0 Å². The molecule has 0 bridgehead atoms. The Bertz CT molecular complexity index is 273. The lowest BCUT2D eigenvalue weighted by molar-refractivity contribution is 0.239. The number of hydrogen-bond donors (Lipinski definition) is 1. The molecular weight excluding hydrogens is 242 g/mol. The minimum atomic E-state index is 0. The van der Waals surface area contributed by atoms with Crippen LogP contribution in [0.2, 0.25) is 0 Å². The van der Waals surface area contributed by atoms with Gasteiger partial charge in [0.25, 0.3) is 0 Å². The Labute approximate surface area is 108 Å². The van der Waals surface area contributed by atoms with E-state index in [4.69, 9.17) is 0 Å². The van der Waals surface area contributed by atoms with Crippen LogP contribution < -0.4 is 5.32 Å². The summed E-state index contributed by atoms with van der Waals surface area (Å²) in [6.07, 6.45) is 4.68. The molecule has 0 saturated carbocycles. The number of nitrogens with zero attached hydrogens (tertiary/aromatic N) is 2. The van der Waals surface area contributed by atoms with Crippen molar-refractivity contribution in [3.8, 4) is 0 Å². The van der Waals surface area contributed by atoms with Gasteiger partial charge in [0.2, 0.25) is 0 Å². The fourth-order valence-corrected chi connectivity index (χ4v) is 2.85. The summed E-state index contributed by atoms with van der Waals surface area (Å²) >= 11 is 1.74. The minimum absolute atomic E-state index is 0. The predicted octanol–water partition coefficient (Wildman–Crippen LogP) is 2.00. The fraction of sp³-hybridized carbons (Fsp3) is 0.727. The summed E-state index contributed by atoms with van der Waals surface area (Å²) in [5.74, 6) is 0.830. The van der Waals surface area contributed by atoms with E-state index in [0.29, 0.717) is 0 Å². The van der Waals surface area contributed by atoms with Gasteiger partial charge in [-0.15, -0.1) is 23.7 Å². The van der Waals surface area contributed by atoms with Crippen LogP contribution in [0.5, 0.6) is 0 Å². The molecule has 3 nitrogen and oxygen atoms in total. The van der Waals surface area contributed by atoms with E-state index in [1.807, 2.05) is 11.7 Å². The molecule has 0 spiro atoms. The molecule has 0 amide bonds. The van der Waals surface area contributed by atoms with Gasteiger partial charge in [-0.05, 0) is 38.9 Å². The van der Waals surface area contributed by atoms with E-state index >= 15 is 0 Å². The molecule has 1 fully saturated rings. The maximum absolute atomic E-state index is 4.10. The Balaban J connectivity index is 0.00000128. The van der Waals surface area contributed by atoms with Gasteiger partial charge in [-0.1, -0.05) is 0 Å². The predicted molar refractivity (Wildman–Crippen MR) is 71.3 cm³/mol. The van der Waals surface area contributed by atoms with Crippen molar-refractivity contribution in [2.45, 2.75) is 19.4 Å². The number of rotatable bonds is 4. The molecule has 1 aliphatic heterocycles. The number of halogens is 1. The van der Waals surface area contributed by atoms with E-state index < -0.39 is 0 Å². The molecule has 2 heterocycles. The zero-order chi connectivity index (χ0) is 10.5. The van der Waals surface area contributed by atoms with Crippen molar-refractivity contribution in [2.75, 3.05) is 26.7 Å². The van der Waals surface area contributed by atoms with Crippen LogP contribution in [0, 0.1) is 5.92 Å². The maximum Gasteiger partial charge on any atom is 0.0794 e. The second-order valence-electron chi connectivity index (χ2n) is 4.38. The van der Waals surface area contributed by atoms with Gasteiger partial charge in [-0.3, -0.25) is 4.98 Å². The zero-order valence-electron chi connectivity index (χ0n) is 9.69. The number of piperidine rings is 1. The molecule has 1 N–H and O–H groups in total. The second kappa shape index (κ2) is 7.22. The third kappa shape index (κ3) is 4.37. The molecule has 1 aliphatic rings. The highest BCUT2D eigenvalue weighted by Gasteiger charge is 2.15. The molecule has 1 atom stereocenters. The van der Waals surface area contributed by atoms with Crippen LogP contribution in [0.3, 0.4) is 0 Å². The number of nitrogens with one attached hydrogen (secondary N) is 1. The average molecular weight is 262 g/mol. The van der Waals surface area contributed by atoms with Crippen LogP contribution in [0.15, 0.2) is 11.7 Å². The molecule has 2 rings (SSSR count). The van der Waals surface area contributed by atoms with Crippen molar-refractivity contribution in [1.29, 1.82) is 0 Å². The van der Waals surface area contributed by atoms with Crippen LogP contribution in [-0.2, 0) is 6.54 Å². The average Bonchev–Trinajstić information content (AvgIpc) is 2.71. The highest BCUT2D eigenvalue weighted by molar-refractivity contribution is 7.09. The Morgan fingerprint density at radius 1 is 1.62 bits per heavy atom. The van der Waals surface area contributed by atoms with Gasteiger partial charge in [-0.2, -0.15) is 0 Å². The maximum atomic E-state index is 4.10. The van der Waals surface area contributed by atoms with E-state index in [0.717, 1.165) is 12.5 Å². The summed E-state index contributed by atoms with van der Waals surface area (Å²) in [5.41, 5.74) is 1.91. The molecule has 0 aromatic carbocycles. The molecule has 1 unspecified atom stereocenters. The van der Waals surface area contributed by atoms with E-state index in [9.17, 15) is 0 Å². The number of thiazole rings is 1. The van der Waals surface area contributed by atoms with Crippen LogP contribution in [-0.4, -0.2) is 36.6 Å². The molecule has 5 heteroatoms. The second-order valence-corrected chi connectivity index (χ2v) is 5.35. The lowest BCUT2D eigenvalue weighted by atomic mass is 9.99. The van der Waals surface area contributed by atoms with E-state index in [2.05, 4.69) is 22.2 Å². The normalized spacial score (nSPS) is 20.8. The molecule has 1 aromatic heterocycles. The smallest absolute Gasteiger partial charge is 0.0794 e. The summed E-state index contributed by atoms with van der Waals surface area (Å²) in [4.78, 5) is 7.87. The largest absolute Gasteiger partial charge is 0.316 e. The van der Waals surface area contributed by atoms with Crippen LogP contribution in [0.4, 0.5) is 0 Å². The van der Waals surface area contributed by atoms with Crippen LogP contribution in [0.1, 0.15) is 17.7 Å². The van der Waals surface area contributed by atoms with Crippen LogP contribution in [0.25, 0.3) is 0 Å². The number of hydrogen-bond acceptors (Lipinski definition) is 4. The van der Waals surface area contributed by atoms with Crippen LogP contribution >= 0.6 is 23.7 Å². The first-order valence-corrected chi connectivity index (χ1v) is 6.49. The molecule has 0 radical (unpaired) electrons. The molecule has 16 heavy (non-hydrogen) atoms. The van der Waals surface area contributed by atoms with E-state index in [1.165, 1.54) is 37.4 Å². The fourth-order valence-electron chi connectivity index (χ4n) is 2.17. The molecular formula is C11H20ClN3S. The Morgan fingerprint density at radius 2 is 2.50 bits per heavy atom. The van der Waals surface area contributed by atoms with Gasteiger partial charge in [0.15, 0.2) is 0 Å². The summed E-state index contributed by atoms with van der Waals surface area (Å²) in [6.45, 7) is 4.63.